The summed E-state index contributed by atoms with van der Waals surface area (Å²) in [5, 5.41) is 5.42. The summed E-state index contributed by atoms with van der Waals surface area (Å²) in [6, 6.07) is 7.17. The minimum Gasteiger partial charge on any atom is -0.491 e. The first-order chi connectivity index (χ1) is 13.6. The molecule has 1 aromatic carbocycles. The molecule has 0 saturated carbocycles. The van der Waals surface area contributed by atoms with Crippen molar-refractivity contribution in [2.75, 3.05) is 38.7 Å². The highest BCUT2D eigenvalue weighted by atomic mass is 32.1. The van der Waals surface area contributed by atoms with Crippen LogP contribution in [0, 0.1) is 12.8 Å². The highest BCUT2D eigenvalue weighted by Gasteiger charge is 2.28. The maximum Gasteiger partial charge on any atom is 0.253 e. The zero-order chi connectivity index (χ0) is 19.9. The van der Waals surface area contributed by atoms with Crippen LogP contribution in [0.25, 0.3) is 0 Å². The van der Waals surface area contributed by atoms with Crippen molar-refractivity contribution in [3.63, 3.8) is 0 Å². The molecule has 28 heavy (non-hydrogen) atoms. The normalized spacial score (nSPS) is 14.7. The molecule has 3 rings (SSSR count). The number of rotatable bonds is 7. The smallest absolute Gasteiger partial charge is 0.253 e. The molecule has 0 aliphatic carbocycles. The van der Waals surface area contributed by atoms with E-state index in [0.29, 0.717) is 55.6 Å². The lowest BCUT2D eigenvalue weighted by molar-refractivity contribution is -0.121. The van der Waals surface area contributed by atoms with Gasteiger partial charge in [0, 0.05) is 37.1 Å². The van der Waals surface area contributed by atoms with Gasteiger partial charge in [0.2, 0.25) is 5.91 Å². The maximum absolute atomic E-state index is 12.8. The number of hydrogen-bond acceptors (Lipinski definition) is 6. The first-order valence-corrected chi connectivity index (χ1v) is 10.2. The van der Waals surface area contributed by atoms with Crippen molar-refractivity contribution in [1.82, 2.24) is 9.88 Å². The number of carbonyl (C=O) groups is 2. The molecule has 1 aliphatic heterocycles. The Balaban J connectivity index is 1.52. The highest BCUT2D eigenvalue weighted by Crippen LogP contribution is 2.23. The molecule has 1 saturated heterocycles. The minimum absolute atomic E-state index is 0.0185. The molecule has 0 radical (unpaired) electrons. The summed E-state index contributed by atoms with van der Waals surface area (Å²) in [7, 11) is 1.62. The van der Waals surface area contributed by atoms with Crippen LogP contribution in [0.1, 0.15) is 28.9 Å². The maximum atomic E-state index is 12.8. The fourth-order valence-corrected chi connectivity index (χ4v) is 3.80. The van der Waals surface area contributed by atoms with E-state index in [1.54, 1.807) is 24.1 Å². The van der Waals surface area contributed by atoms with Gasteiger partial charge in [-0.25, -0.2) is 4.98 Å². The van der Waals surface area contributed by atoms with E-state index < -0.39 is 0 Å². The summed E-state index contributed by atoms with van der Waals surface area (Å²) in [5.74, 6) is 0.495. The Morgan fingerprint density at radius 3 is 2.75 bits per heavy atom. The second kappa shape index (κ2) is 9.66. The fourth-order valence-electron chi connectivity index (χ4n) is 3.11. The molecule has 7 nitrogen and oxygen atoms in total. The number of aryl methyl sites for hydroxylation is 1. The van der Waals surface area contributed by atoms with E-state index in [1.165, 1.54) is 11.3 Å². The third kappa shape index (κ3) is 5.30. The topological polar surface area (TPSA) is 80.8 Å². The monoisotopic (exact) mass is 403 g/mol. The van der Waals surface area contributed by atoms with Gasteiger partial charge < -0.3 is 19.7 Å². The van der Waals surface area contributed by atoms with Crippen molar-refractivity contribution in [3.8, 4) is 5.75 Å². The molecule has 0 unspecified atom stereocenters. The number of hydrogen-bond donors (Lipinski definition) is 1. The van der Waals surface area contributed by atoms with Crippen LogP contribution in [0.4, 0.5) is 5.13 Å². The summed E-state index contributed by atoms with van der Waals surface area (Å²) in [5.41, 5.74) is 1.49. The molecule has 150 valence electrons. The first kappa shape index (κ1) is 20.3. The zero-order valence-electron chi connectivity index (χ0n) is 16.1. The average molecular weight is 404 g/mol. The molecule has 1 aromatic heterocycles. The van der Waals surface area contributed by atoms with Crippen molar-refractivity contribution in [2.45, 2.75) is 19.8 Å². The molecule has 1 N–H and O–H groups in total. The first-order valence-electron chi connectivity index (χ1n) is 9.31. The molecule has 1 fully saturated rings. The third-order valence-corrected chi connectivity index (χ3v) is 5.51. The second-order valence-corrected chi connectivity index (χ2v) is 7.58. The molecular weight excluding hydrogens is 378 g/mol. The Morgan fingerprint density at radius 2 is 2.07 bits per heavy atom. The van der Waals surface area contributed by atoms with Gasteiger partial charge in [-0.15, -0.1) is 11.3 Å². The number of ether oxygens (including phenoxy) is 2. The van der Waals surface area contributed by atoms with Gasteiger partial charge in [-0.05, 0) is 38.0 Å². The predicted molar refractivity (Wildman–Crippen MR) is 108 cm³/mol. The van der Waals surface area contributed by atoms with Crippen LogP contribution >= 0.6 is 11.3 Å². The van der Waals surface area contributed by atoms with Crippen LogP contribution in [-0.2, 0) is 9.53 Å². The molecule has 2 aromatic rings. The number of carbonyl (C=O) groups excluding carboxylic acids is 2. The van der Waals surface area contributed by atoms with Crippen molar-refractivity contribution in [2.24, 2.45) is 5.92 Å². The summed E-state index contributed by atoms with van der Waals surface area (Å²) in [6.07, 6.45) is 1.29. The van der Waals surface area contributed by atoms with Gasteiger partial charge in [-0.3, -0.25) is 9.59 Å². The third-order valence-electron chi connectivity index (χ3n) is 4.64. The zero-order valence-corrected chi connectivity index (χ0v) is 17.0. The Labute approximate surface area is 168 Å². The summed E-state index contributed by atoms with van der Waals surface area (Å²) in [6.45, 7) is 3.95. The molecule has 8 heteroatoms. The van der Waals surface area contributed by atoms with Gasteiger partial charge in [-0.2, -0.15) is 0 Å². The lowest BCUT2D eigenvalue weighted by Crippen LogP contribution is -2.41. The van der Waals surface area contributed by atoms with Gasteiger partial charge in [-0.1, -0.05) is 6.07 Å². The van der Waals surface area contributed by atoms with E-state index >= 15 is 0 Å². The van der Waals surface area contributed by atoms with Crippen LogP contribution < -0.4 is 10.1 Å². The SMILES string of the molecule is COCCOc1cccc(C(=O)N2CCC(C(=O)Nc3nc(C)cs3)CC2)c1. The van der Waals surface area contributed by atoms with Gasteiger partial charge in [0.15, 0.2) is 5.13 Å². The summed E-state index contributed by atoms with van der Waals surface area (Å²) < 4.78 is 10.5. The number of nitrogens with zero attached hydrogens (tertiary/aromatic N) is 2. The van der Waals surface area contributed by atoms with Gasteiger partial charge in [0.1, 0.15) is 12.4 Å². The Kier molecular flexibility index (Phi) is 7.00. The average Bonchev–Trinajstić information content (AvgIpc) is 3.12. The molecule has 0 spiro atoms. The lowest BCUT2D eigenvalue weighted by atomic mass is 9.95. The Morgan fingerprint density at radius 1 is 1.29 bits per heavy atom. The number of thiazole rings is 1. The van der Waals surface area contributed by atoms with E-state index in [-0.39, 0.29) is 17.7 Å². The standard InChI is InChI=1S/C20H25N3O4S/c1-14-13-28-20(21-14)22-18(24)15-6-8-23(9-7-15)19(25)16-4-3-5-17(12-16)27-11-10-26-2/h3-5,12-13,15H,6-11H2,1-2H3,(H,21,22,24). The van der Waals surface area contributed by atoms with E-state index in [0.717, 1.165) is 5.69 Å². The van der Waals surface area contributed by atoms with Gasteiger partial charge in [0.25, 0.3) is 5.91 Å². The Hall–Kier alpha value is -2.45. The minimum atomic E-state index is -0.100. The number of likely N-dealkylation sites (tertiary alicyclic amines) is 1. The quantitative estimate of drug-likeness (QED) is 0.719. The van der Waals surface area contributed by atoms with Gasteiger partial charge in [0.05, 0.1) is 12.3 Å². The number of methoxy groups -OCH3 is 1. The van der Waals surface area contributed by atoms with Crippen LogP contribution in [-0.4, -0.2) is 55.1 Å². The van der Waals surface area contributed by atoms with Crippen molar-refractivity contribution >= 4 is 28.3 Å². The molecular formula is C20H25N3O4S. The molecule has 1 aliphatic rings. The summed E-state index contributed by atoms with van der Waals surface area (Å²) in [4.78, 5) is 31.3. The number of aromatic nitrogens is 1. The predicted octanol–water partition coefficient (Wildman–Crippen LogP) is 2.97. The second-order valence-electron chi connectivity index (χ2n) is 6.72. The molecule has 2 amide bonds. The van der Waals surface area contributed by atoms with E-state index in [9.17, 15) is 9.59 Å². The molecule has 2 heterocycles. The van der Waals surface area contributed by atoms with Crippen LogP contribution in [0.15, 0.2) is 29.6 Å². The summed E-state index contributed by atoms with van der Waals surface area (Å²) >= 11 is 1.43. The van der Waals surface area contributed by atoms with E-state index in [2.05, 4.69) is 10.3 Å². The number of anilines is 1. The van der Waals surface area contributed by atoms with E-state index in [1.807, 2.05) is 24.4 Å². The van der Waals surface area contributed by atoms with Gasteiger partial charge >= 0.3 is 0 Å². The number of amides is 2. The van der Waals surface area contributed by atoms with Crippen molar-refractivity contribution in [3.05, 3.63) is 40.9 Å². The van der Waals surface area contributed by atoms with E-state index in [4.69, 9.17) is 9.47 Å². The van der Waals surface area contributed by atoms with Crippen LogP contribution in [0.5, 0.6) is 5.75 Å². The largest absolute Gasteiger partial charge is 0.491 e. The molecule has 0 atom stereocenters. The number of nitrogens with one attached hydrogen (secondary N) is 1. The van der Waals surface area contributed by atoms with Crippen molar-refractivity contribution in [1.29, 1.82) is 0 Å². The number of piperidine rings is 1. The highest BCUT2D eigenvalue weighted by molar-refractivity contribution is 7.13. The van der Waals surface area contributed by atoms with Crippen LogP contribution in [0.3, 0.4) is 0 Å². The fraction of sp³-hybridized carbons (Fsp3) is 0.450. The van der Waals surface area contributed by atoms with Crippen molar-refractivity contribution < 1.29 is 19.1 Å². The molecule has 0 bridgehead atoms. The number of benzene rings is 1. The lowest BCUT2D eigenvalue weighted by Gasteiger charge is -2.31. The Bertz CT molecular complexity index is 815. The van der Waals surface area contributed by atoms with Crippen LogP contribution in [0.2, 0.25) is 0 Å².